The maximum Gasteiger partial charge on any atom is 0.410 e. The van der Waals surface area contributed by atoms with Gasteiger partial charge in [-0.25, -0.2) is 9.59 Å². The summed E-state index contributed by atoms with van der Waals surface area (Å²) in [5, 5.41) is 7.88. The lowest BCUT2D eigenvalue weighted by Gasteiger charge is -2.30. The van der Waals surface area contributed by atoms with Crippen LogP contribution in [0.2, 0.25) is 5.02 Å². The van der Waals surface area contributed by atoms with Gasteiger partial charge in [0, 0.05) is 48.5 Å². The van der Waals surface area contributed by atoms with Crippen molar-refractivity contribution in [2.24, 2.45) is 0 Å². The zero-order valence-electron chi connectivity index (χ0n) is 21.1. The number of nitrogens with one attached hydrogen (secondary N) is 2. The number of aromatic nitrogens is 1. The molecule has 4 rings (SSSR count). The topological polar surface area (TPSA) is 92.8 Å². The van der Waals surface area contributed by atoms with E-state index >= 15 is 0 Å². The van der Waals surface area contributed by atoms with Crippen LogP contribution in [0.1, 0.15) is 38.1 Å². The minimum absolute atomic E-state index is 0.200. The monoisotopic (exact) mass is 512 g/mol. The summed E-state index contributed by atoms with van der Waals surface area (Å²) in [4.78, 5) is 29.8. The Morgan fingerprint density at radius 2 is 1.81 bits per heavy atom. The maximum absolute atomic E-state index is 12.2. The summed E-state index contributed by atoms with van der Waals surface area (Å²) in [5.74, 6) is -0.407. The first kappa shape index (κ1) is 27.2. The fourth-order valence-corrected chi connectivity index (χ4v) is 3.67. The lowest BCUT2D eigenvalue weighted by molar-refractivity contribution is 0.0228. The van der Waals surface area contributed by atoms with Crippen molar-refractivity contribution in [2.45, 2.75) is 33.3 Å². The molecule has 0 bridgehead atoms. The highest BCUT2D eigenvalue weighted by atomic mass is 35.5. The van der Waals surface area contributed by atoms with Crippen molar-refractivity contribution in [3.63, 3.8) is 0 Å². The predicted molar refractivity (Wildman–Crippen MR) is 143 cm³/mol. The summed E-state index contributed by atoms with van der Waals surface area (Å²) in [6.45, 7) is 10.9. The summed E-state index contributed by atoms with van der Waals surface area (Å²) < 4.78 is 10.4. The molecule has 0 saturated carbocycles. The van der Waals surface area contributed by atoms with Crippen molar-refractivity contribution < 1.29 is 19.1 Å². The van der Waals surface area contributed by atoms with Gasteiger partial charge in [0.05, 0.1) is 17.8 Å². The summed E-state index contributed by atoms with van der Waals surface area (Å²) in [5.41, 5.74) is 2.26. The second kappa shape index (κ2) is 12.6. The molecular formula is C27H33ClN4O4. The number of anilines is 2. The third-order valence-corrected chi connectivity index (χ3v) is 5.37. The molecular weight excluding hydrogens is 480 g/mol. The van der Waals surface area contributed by atoms with Crippen molar-refractivity contribution in [3.8, 4) is 0 Å². The lowest BCUT2D eigenvalue weighted by Crippen LogP contribution is -2.48. The van der Waals surface area contributed by atoms with Crippen LogP contribution in [0.15, 0.2) is 54.7 Å². The highest BCUT2D eigenvalue weighted by molar-refractivity contribution is 6.31. The fraction of sp³-hybridized carbons (Fsp3) is 0.370. The van der Waals surface area contributed by atoms with Crippen LogP contribution in [0.5, 0.6) is 0 Å². The number of halogens is 1. The van der Waals surface area contributed by atoms with Crippen molar-refractivity contribution in [1.82, 2.24) is 15.2 Å². The molecule has 0 atom stereocenters. The SMILES string of the molecule is CC(C)(C)OC(=O)N1CCNCC1.CCOC(=O)c1cnc2cc(Cl)ccc2c1Nc1ccccc1. The average Bonchev–Trinajstić information content (AvgIpc) is 2.85. The molecule has 2 aromatic carbocycles. The minimum atomic E-state index is -0.407. The third-order valence-electron chi connectivity index (χ3n) is 5.14. The molecule has 1 aliphatic heterocycles. The van der Waals surface area contributed by atoms with E-state index in [0.29, 0.717) is 28.4 Å². The molecule has 0 spiro atoms. The van der Waals surface area contributed by atoms with Crippen molar-refractivity contribution >= 4 is 45.9 Å². The van der Waals surface area contributed by atoms with Gasteiger partial charge in [-0.15, -0.1) is 0 Å². The van der Waals surface area contributed by atoms with E-state index in [4.69, 9.17) is 21.1 Å². The number of hydrogen-bond donors (Lipinski definition) is 2. The highest BCUT2D eigenvalue weighted by Crippen LogP contribution is 2.31. The normalized spacial score (nSPS) is 13.4. The largest absolute Gasteiger partial charge is 0.462 e. The Morgan fingerprint density at radius 3 is 2.44 bits per heavy atom. The van der Waals surface area contributed by atoms with Crippen molar-refractivity contribution in [3.05, 3.63) is 65.3 Å². The molecule has 0 unspecified atom stereocenters. The number of para-hydroxylation sites is 1. The van der Waals surface area contributed by atoms with Gasteiger partial charge in [-0.2, -0.15) is 0 Å². The highest BCUT2D eigenvalue weighted by Gasteiger charge is 2.23. The maximum atomic E-state index is 12.2. The second-order valence-electron chi connectivity index (χ2n) is 9.14. The van der Waals surface area contributed by atoms with Crippen LogP contribution in [0, 0.1) is 0 Å². The van der Waals surface area contributed by atoms with Crippen molar-refractivity contribution in [2.75, 3.05) is 38.1 Å². The van der Waals surface area contributed by atoms with E-state index in [1.54, 1.807) is 24.0 Å². The number of rotatable bonds is 4. The number of carbonyl (C=O) groups excluding carboxylic acids is 2. The molecule has 1 fully saturated rings. The number of hydrogen-bond acceptors (Lipinski definition) is 7. The van der Waals surface area contributed by atoms with Gasteiger partial charge < -0.3 is 25.0 Å². The zero-order chi connectivity index (χ0) is 26.1. The van der Waals surface area contributed by atoms with E-state index in [-0.39, 0.29) is 11.7 Å². The van der Waals surface area contributed by atoms with E-state index in [9.17, 15) is 9.59 Å². The number of nitrogens with zero attached hydrogens (tertiary/aromatic N) is 2. The molecule has 2 N–H and O–H groups in total. The first-order valence-electron chi connectivity index (χ1n) is 11.9. The van der Waals surface area contributed by atoms with Crippen LogP contribution in [-0.4, -0.2) is 60.3 Å². The van der Waals surface area contributed by atoms with Gasteiger partial charge in [0.25, 0.3) is 0 Å². The molecule has 1 aromatic heterocycles. The smallest absolute Gasteiger partial charge is 0.410 e. The Balaban J connectivity index is 0.000000236. The number of benzene rings is 2. The number of carbonyl (C=O) groups is 2. The van der Waals surface area contributed by atoms with E-state index in [2.05, 4.69) is 15.6 Å². The third kappa shape index (κ3) is 7.83. The summed E-state index contributed by atoms with van der Waals surface area (Å²) in [6, 6.07) is 15.0. The molecule has 0 aliphatic carbocycles. The van der Waals surface area contributed by atoms with Gasteiger partial charge in [0.2, 0.25) is 0 Å². The van der Waals surface area contributed by atoms with Crippen LogP contribution in [-0.2, 0) is 9.47 Å². The Kier molecular flexibility index (Phi) is 9.50. The molecule has 36 heavy (non-hydrogen) atoms. The average molecular weight is 513 g/mol. The Hall–Kier alpha value is -3.36. The van der Waals surface area contributed by atoms with Crippen LogP contribution < -0.4 is 10.6 Å². The molecule has 1 amide bonds. The predicted octanol–water partition coefficient (Wildman–Crippen LogP) is 5.64. The summed E-state index contributed by atoms with van der Waals surface area (Å²) >= 11 is 6.03. The van der Waals surface area contributed by atoms with Gasteiger partial charge in [0.1, 0.15) is 11.2 Å². The van der Waals surface area contributed by atoms with E-state index in [1.165, 1.54) is 6.20 Å². The fourth-order valence-electron chi connectivity index (χ4n) is 3.50. The second-order valence-corrected chi connectivity index (χ2v) is 9.57. The lowest BCUT2D eigenvalue weighted by atomic mass is 10.1. The van der Waals surface area contributed by atoms with Gasteiger partial charge in [-0.1, -0.05) is 29.8 Å². The number of esters is 1. The van der Waals surface area contributed by atoms with Crippen LogP contribution in [0.25, 0.3) is 10.9 Å². The van der Waals surface area contributed by atoms with E-state index < -0.39 is 5.97 Å². The van der Waals surface area contributed by atoms with Gasteiger partial charge in [0.15, 0.2) is 0 Å². The van der Waals surface area contributed by atoms with E-state index in [1.807, 2.05) is 57.2 Å². The van der Waals surface area contributed by atoms with E-state index in [0.717, 1.165) is 37.3 Å². The molecule has 9 heteroatoms. The standard InChI is InChI=1S/C18H15ClN2O2.C9H18N2O2/c1-2-23-18(22)15-11-20-16-10-12(19)8-9-14(16)17(15)21-13-6-4-3-5-7-13;1-9(2,3)13-8(12)11-6-4-10-5-7-11/h3-11H,2H2,1H3,(H,20,21);10H,4-7H2,1-3H3. The molecule has 0 radical (unpaired) electrons. The Labute approximate surface area is 216 Å². The quantitative estimate of drug-likeness (QED) is 0.437. The molecule has 2 heterocycles. The number of amides is 1. The minimum Gasteiger partial charge on any atom is -0.462 e. The number of ether oxygens (including phenoxy) is 2. The van der Waals surface area contributed by atoms with Crippen molar-refractivity contribution in [1.29, 1.82) is 0 Å². The van der Waals surface area contributed by atoms with Crippen LogP contribution in [0.4, 0.5) is 16.2 Å². The Bertz CT molecular complexity index is 1180. The van der Waals surface area contributed by atoms with Crippen LogP contribution >= 0.6 is 11.6 Å². The van der Waals surface area contributed by atoms with Gasteiger partial charge >= 0.3 is 12.1 Å². The van der Waals surface area contributed by atoms with Crippen LogP contribution in [0.3, 0.4) is 0 Å². The number of pyridine rings is 1. The molecule has 8 nitrogen and oxygen atoms in total. The number of piperazine rings is 1. The summed E-state index contributed by atoms with van der Waals surface area (Å²) in [7, 11) is 0. The molecule has 1 saturated heterocycles. The first-order valence-corrected chi connectivity index (χ1v) is 12.3. The molecule has 192 valence electrons. The molecule has 1 aliphatic rings. The number of fused-ring (bicyclic) bond motifs is 1. The van der Waals surface area contributed by atoms with Gasteiger partial charge in [-0.05, 0) is 58.0 Å². The first-order chi connectivity index (χ1) is 17.2. The Morgan fingerprint density at radius 1 is 1.11 bits per heavy atom. The molecule has 3 aromatic rings. The van der Waals surface area contributed by atoms with Gasteiger partial charge in [-0.3, -0.25) is 4.98 Å². The zero-order valence-corrected chi connectivity index (χ0v) is 21.9. The summed E-state index contributed by atoms with van der Waals surface area (Å²) in [6.07, 6.45) is 1.32.